The average molecular weight is 654 g/mol. The maximum atomic E-state index is 2.50. The standard InChI is InChI=1S/C47H43NS/c1-28-12-11-14-38-37-23-19-32(27-43(37)49-44(28)38)48(30-17-21-35-33-13-9-10-15-39(33)46(5,6)41(35)25-30)31-18-22-36-34-20-16-29(45(2,3)4)24-40(34)47(7,8)42(36)26-31/h9-27H,1-8H3. The minimum Gasteiger partial charge on any atom is -0.310 e. The van der Waals surface area contributed by atoms with E-state index in [0.29, 0.717) is 0 Å². The van der Waals surface area contributed by atoms with Gasteiger partial charge in [0.25, 0.3) is 0 Å². The predicted molar refractivity (Wildman–Crippen MR) is 213 cm³/mol. The van der Waals surface area contributed by atoms with E-state index in [2.05, 4.69) is 176 Å². The minimum absolute atomic E-state index is 0.0765. The Bertz CT molecular complexity index is 2500. The zero-order valence-corrected chi connectivity index (χ0v) is 30.6. The Balaban J connectivity index is 1.25. The van der Waals surface area contributed by atoms with Crippen molar-refractivity contribution in [2.45, 2.75) is 71.6 Å². The number of nitrogens with zero attached hydrogens (tertiary/aromatic N) is 1. The molecular formula is C47H43NS. The highest BCUT2D eigenvalue weighted by Gasteiger charge is 2.38. The quantitative estimate of drug-likeness (QED) is 0.183. The zero-order chi connectivity index (χ0) is 34.0. The third-order valence-corrected chi connectivity index (χ3v) is 12.9. The normalized spacial score (nSPS) is 15.3. The summed E-state index contributed by atoms with van der Waals surface area (Å²) < 4.78 is 2.70. The summed E-state index contributed by atoms with van der Waals surface area (Å²) >= 11 is 1.91. The lowest BCUT2D eigenvalue weighted by atomic mass is 9.79. The van der Waals surface area contributed by atoms with E-state index in [1.807, 2.05) is 11.3 Å². The number of fused-ring (bicyclic) bond motifs is 9. The van der Waals surface area contributed by atoms with Crippen LogP contribution >= 0.6 is 11.3 Å². The van der Waals surface area contributed by atoms with E-state index in [1.165, 1.54) is 92.9 Å². The molecule has 0 bridgehead atoms. The summed E-state index contributed by atoms with van der Waals surface area (Å²) in [5.41, 5.74) is 17.3. The average Bonchev–Trinajstić information content (AvgIpc) is 3.65. The molecule has 0 saturated carbocycles. The lowest BCUT2D eigenvalue weighted by Gasteiger charge is -2.30. The molecule has 0 amide bonds. The first-order chi connectivity index (χ1) is 23.3. The molecule has 7 aromatic rings. The molecular weight excluding hydrogens is 611 g/mol. The molecule has 0 aliphatic heterocycles. The predicted octanol–water partition coefficient (Wildman–Crippen LogP) is 13.7. The summed E-state index contributed by atoms with van der Waals surface area (Å²) in [4.78, 5) is 2.50. The van der Waals surface area contributed by atoms with Gasteiger partial charge in [-0.3, -0.25) is 0 Å². The molecule has 1 heterocycles. The van der Waals surface area contributed by atoms with Gasteiger partial charge in [-0.05, 0) is 104 Å². The Labute approximate surface area is 294 Å². The van der Waals surface area contributed by atoms with Crippen LogP contribution in [0.5, 0.6) is 0 Å². The van der Waals surface area contributed by atoms with Gasteiger partial charge in [-0.15, -0.1) is 11.3 Å². The second-order valence-corrected chi connectivity index (χ2v) is 17.4. The van der Waals surface area contributed by atoms with Gasteiger partial charge < -0.3 is 4.90 Å². The van der Waals surface area contributed by atoms with Gasteiger partial charge in [0.05, 0.1) is 0 Å². The van der Waals surface area contributed by atoms with Crippen LogP contribution in [-0.4, -0.2) is 0 Å². The monoisotopic (exact) mass is 653 g/mol. The number of benzene rings is 6. The number of aryl methyl sites for hydroxylation is 1. The number of hydrogen-bond acceptors (Lipinski definition) is 2. The van der Waals surface area contributed by atoms with Crippen LogP contribution in [0, 0.1) is 6.92 Å². The molecule has 9 rings (SSSR count). The zero-order valence-electron chi connectivity index (χ0n) is 29.8. The third kappa shape index (κ3) is 4.36. The molecule has 0 spiro atoms. The number of rotatable bonds is 3. The fourth-order valence-corrected chi connectivity index (χ4v) is 9.88. The van der Waals surface area contributed by atoms with Gasteiger partial charge in [-0.25, -0.2) is 0 Å². The van der Waals surface area contributed by atoms with Gasteiger partial charge in [0.1, 0.15) is 0 Å². The summed E-state index contributed by atoms with van der Waals surface area (Å²) in [5, 5.41) is 2.68. The molecule has 1 nitrogen and oxygen atoms in total. The van der Waals surface area contributed by atoms with Crippen LogP contribution in [0.15, 0.2) is 115 Å². The SMILES string of the molecule is Cc1cccc2c1sc1cc(N(c3ccc4c(c3)C(C)(C)c3ccccc3-4)c3ccc4c(c3)C(C)(C)c3cc(C(C)(C)C)ccc3-4)ccc12. The van der Waals surface area contributed by atoms with Crippen molar-refractivity contribution in [3.05, 3.63) is 149 Å². The van der Waals surface area contributed by atoms with E-state index in [4.69, 9.17) is 0 Å². The Morgan fingerprint density at radius 1 is 0.510 bits per heavy atom. The molecule has 0 fully saturated rings. The molecule has 242 valence electrons. The summed E-state index contributed by atoms with van der Waals surface area (Å²) in [5.74, 6) is 0. The van der Waals surface area contributed by atoms with Crippen molar-refractivity contribution < 1.29 is 0 Å². The van der Waals surface area contributed by atoms with Gasteiger partial charge in [-0.1, -0.05) is 127 Å². The van der Waals surface area contributed by atoms with Crippen LogP contribution in [-0.2, 0) is 16.2 Å². The molecule has 0 N–H and O–H groups in total. The Kier molecular flexibility index (Phi) is 6.32. The highest BCUT2D eigenvalue weighted by atomic mass is 32.1. The van der Waals surface area contributed by atoms with E-state index in [1.54, 1.807) is 0 Å². The van der Waals surface area contributed by atoms with Gasteiger partial charge in [0, 0.05) is 48.1 Å². The number of anilines is 3. The van der Waals surface area contributed by atoms with E-state index in [0.717, 1.165) is 0 Å². The van der Waals surface area contributed by atoms with Crippen molar-refractivity contribution >= 4 is 48.6 Å². The first-order valence-electron chi connectivity index (χ1n) is 17.6. The van der Waals surface area contributed by atoms with Crippen molar-refractivity contribution in [1.29, 1.82) is 0 Å². The first-order valence-corrected chi connectivity index (χ1v) is 18.4. The second kappa shape index (κ2) is 10.2. The molecule has 2 aliphatic carbocycles. The highest BCUT2D eigenvalue weighted by Crippen LogP contribution is 2.54. The molecule has 0 atom stereocenters. The van der Waals surface area contributed by atoms with Crippen molar-refractivity contribution in [3.8, 4) is 22.3 Å². The molecule has 0 saturated heterocycles. The molecule has 0 unspecified atom stereocenters. The lowest BCUT2D eigenvalue weighted by Crippen LogP contribution is -2.19. The van der Waals surface area contributed by atoms with Crippen LogP contribution in [0.4, 0.5) is 17.1 Å². The number of hydrogen-bond donors (Lipinski definition) is 0. The third-order valence-electron chi connectivity index (χ3n) is 11.5. The fraction of sp³-hybridized carbons (Fsp3) is 0.234. The maximum absolute atomic E-state index is 2.50. The van der Waals surface area contributed by atoms with Crippen LogP contribution in [0.1, 0.15) is 81.8 Å². The van der Waals surface area contributed by atoms with Gasteiger partial charge in [-0.2, -0.15) is 0 Å². The maximum Gasteiger partial charge on any atom is 0.0476 e. The van der Waals surface area contributed by atoms with E-state index in [-0.39, 0.29) is 16.2 Å². The highest BCUT2D eigenvalue weighted by molar-refractivity contribution is 7.26. The van der Waals surface area contributed by atoms with Crippen LogP contribution < -0.4 is 4.90 Å². The van der Waals surface area contributed by atoms with Crippen molar-refractivity contribution in [3.63, 3.8) is 0 Å². The summed E-state index contributed by atoms with van der Waals surface area (Å²) in [6.07, 6.45) is 0. The topological polar surface area (TPSA) is 3.24 Å². The largest absolute Gasteiger partial charge is 0.310 e. The van der Waals surface area contributed by atoms with E-state index < -0.39 is 0 Å². The summed E-state index contributed by atoms with van der Waals surface area (Å²) in [6, 6.07) is 44.2. The van der Waals surface area contributed by atoms with Crippen LogP contribution in [0.25, 0.3) is 42.4 Å². The lowest BCUT2D eigenvalue weighted by molar-refractivity contribution is 0.584. The van der Waals surface area contributed by atoms with E-state index in [9.17, 15) is 0 Å². The fourth-order valence-electron chi connectivity index (χ4n) is 8.68. The number of thiophene rings is 1. The Morgan fingerprint density at radius 2 is 1.06 bits per heavy atom. The van der Waals surface area contributed by atoms with Gasteiger partial charge in [0.2, 0.25) is 0 Å². The molecule has 49 heavy (non-hydrogen) atoms. The second-order valence-electron chi connectivity index (χ2n) is 16.3. The van der Waals surface area contributed by atoms with Gasteiger partial charge >= 0.3 is 0 Å². The smallest absolute Gasteiger partial charge is 0.0476 e. The summed E-state index contributed by atoms with van der Waals surface area (Å²) in [6.45, 7) is 18.7. The Hall–Kier alpha value is -4.66. The van der Waals surface area contributed by atoms with Crippen molar-refractivity contribution in [1.82, 2.24) is 0 Å². The van der Waals surface area contributed by atoms with Gasteiger partial charge in [0.15, 0.2) is 0 Å². The van der Waals surface area contributed by atoms with Crippen molar-refractivity contribution in [2.24, 2.45) is 0 Å². The molecule has 1 aromatic heterocycles. The molecule has 2 heteroatoms. The van der Waals surface area contributed by atoms with Crippen molar-refractivity contribution in [2.75, 3.05) is 4.90 Å². The minimum atomic E-state index is -0.109. The molecule has 6 aromatic carbocycles. The first kappa shape index (κ1) is 30.4. The summed E-state index contributed by atoms with van der Waals surface area (Å²) in [7, 11) is 0. The van der Waals surface area contributed by atoms with E-state index >= 15 is 0 Å². The molecule has 0 radical (unpaired) electrons. The molecule has 2 aliphatic rings. The van der Waals surface area contributed by atoms with Crippen LogP contribution in [0.3, 0.4) is 0 Å². The Morgan fingerprint density at radius 3 is 1.73 bits per heavy atom. The van der Waals surface area contributed by atoms with Crippen LogP contribution in [0.2, 0.25) is 0 Å².